The third kappa shape index (κ3) is 1.88. The Morgan fingerprint density at radius 2 is 2.75 bits per heavy atom. The van der Waals surface area contributed by atoms with Crippen molar-refractivity contribution in [2.45, 2.75) is 31.5 Å². The van der Waals surface area contributed by atoms with Gasteiger partial charge in [0.15, 0.2) is 0 Å². The first kappa shape index (κ1) is 7.67. The molecule has 0 aromatic carbocycles. The lowest BCUT2D eigenvalue weighted by molar-refractivity contribution is -0.119. The van der Waals surface area contributed by atoms with Gasteiger partial charge in [-0.3, -0.25) is 9.48 Å². The van der Waals surface area contributed by atoms with Crippen LogP contribution in [0.2, 0.25) is 0 Å². The molecule has 0 saturated heterocycles. The van der Waals surface area contributed by atoms with Crippen LogP contribution >= 0.6 is 0 Å². The van der Waals surface area contributed by atoms with E-state index in [0.29, 0.717) is 19.3 Å². The Balaban J connectivity index is 2.23. The minimum Gasteiger partial charge on any atom is -0.469 e. The number of nitrogens with zero attached hydrogens (tertiary/aromatic N) is 2. The van der Waals surface area contributed by atoms with E-state index in [1.165, 1.54) is 6.20 Å². The molecule has 1 heterocycles. The number of aryl methyl sites for hydroxylation is 1. The number of rotatable bonds is 4. The largest absolute Gasteiger partial charge is 0.469 e. The van der Waals surface area contributed by atoms with Crippen LogP contribution in [-0.4, -0.2) is 33.0 Å². The molecule has 6 heteroatoms. The van der Waals surface area contributed by atoms with E-state index in [1.807, 2.05) is 0 Å². The molecule has 2 N–H and O–H groups in total. The number of anilines is 1. The number of ether oxygens (including phenoxy) is 1. The number of hydrogen-bond donors (Lipinski definition) is 2. The summed E-state index contributed by atoms with van der Waals surface area (Å²) in [6.45, 7) is -0.822. The topological polar surface area (TPSA) is 76.4 Å². The first-order valence-corrected chi connectivity index (χ1v) is 4.93. The maximum absolute atomic E-state index is 10.5. The fraction of sp³-hybridized carbons (Fsp3) is 0.600. The monoisotopic (exact) mass is 228 g/mol. The zero-order valence-corrected chi connectivity index (χ0v) is 8.80. The van der Waals surface area contributed by atoms with E-state index in [0.717, 1.165) is 4.68 Å². The summed E-state index contributed by atoms with van der Waals surface area (Å²) in [5.41, 5.74) is -0.795. The van der Waals surface area contributed by atoms with Crippen molar-refractivity contribution in [3.05, 3.63) is 6.20 Å². The van der Waals surface area contributed by atoms with Crippen molar-refractivity contribution < 1.29 is 18.8 Å². The van der Waals surface area contributed by atoms with Gasteiger partial charge in [0.25, 0.3) is 5.88 Å². The molecule has 0 aliphatic heterocycles. The summed E-state index contributed by atoms with van der Waals surface area (Å²) in [5, 5.41) is 16.0. The predicted octanol–water partition coefficient (Wildman–Crippen LogP) is 0.281. The van der Waals surface area contributed by atoms with Crippen LogP contribution in [0.1, 0.15) is 23.9 Å². The Labute approximate surface area is 97.4 Å². The Morgan fingerprint density at radius 1 is 1.94 bits per heavy atom. The number of amides is 1. The molecule has 0 bridgehead atoms. The minimum atomic E-state index is -2.46. The highest BCUT2D eigenvalue weighted by atomic mass is 16.5. The van der Waals surface area contributed by atoms with E-state index in [-0.39, 0.29) is 11.6 Å². The van der Waals surface area contributed by atoms with Gasteiger partial charge in [-0.2, -0.15) is 0 Å². The average Bonchev–Trinajstić information content (AvgIpc) is 2.68. The third-order valence-electron chi connectivity index (χ3n) is 2.75. The number of carbonyl (C=O) groups excluding carboxylic acids is 1. The summed E-state index contributed by atoms with van der Waals surface area (Å²) in [4.78, 5) is 10.5. The maximum Gasteiger partial charge on any atom is 0.257 e. The van der Waals surface area contributed by atoms with E-state index in [2.05, 4.69) is 10.4 Å². The van der Waals surface area contributed by atoms with Crippen LogP contribution in [0, 0.1) is 0 Å². The highest BCUT2D eigenvalue weighted by molar-refractivity contribution is 5.73. The fourth-order valence-corrected chi connectivity index (χ4v) is 1.61. The van der Waals surface area contributed by atoms with E-state index in [1.54, 1.807) is 6.92 Å². The van der Waals surface area contributed by atoms with Gasteiger partial charge in [0.2, 0.25) is 6.41 Å². The smallest absolute Gasteiger partial charge is 0.257 e. The van der Waals surface area contributed by atoms with Gasteiger partial charge in [-0.15, -0.1) is 5.10 Å². The molecular formula is C10H15N3O3. The lowest BCUT2D eigenvalue weighted by Gasteiger charge is -2.41. The van der Waals surface area contributed by atoms with Gasteiger partial charge in [0.1, 0.15) is 11.8 Å². The van der Waals surface area contributed by atoms with Crippen molar-refractivity contribution in [3.63, 3.8) is 0 Å². The van der Waals surface area contributed by atoms with Crippen LogP contribution in [0.3, 0.4) is 0 Å². The van der Waals surface area contributed by atoms with Crippen molar-refractivity contribution in [2.75, 3.05) is 5.32 Å². The molecule has 88 valence electrons. The molecule has 1 fully saturated rings. The Hall–Kier alpha value is -1.56. The van der Waals surface area contributed by atoms with Crippen molar-refractivity contribution >= 4 is 12.1 Å². The zero-order valence-electron chi connectivity index (χ0n) is 11.8. The minimum absolute atomic E-state index is 0.00630. The summed E-state index contributed by atoms with van der Waals surface area (Å²) < 4.78 is 28.0. The first-order chi connectivity index (χ1) is 8.74. The number of carbonyl (C=O) groups is 1. The highest BCUT2D eigenvalue weighted by Gasteiger charge is 2.43. The van der Waals surface area contributed by atoms with Crippen LogP contribution in [0.4, 0.5) is 5.69 Å². The highest BCUT2D eigenvalue weighted by Crippen LogP contribution is 2.36. The van der Waals surface area contributed by atoms with E-state index < -0.39 is 18.7 Å². The Bertz CT molecular complexity index is 484. The summed E-state index contributed by atoms with van der Waals surface area (Å²) in [6, 6.07) is 0. The molecule has 1 aromatic heterocycles. The molecule has 0 spiro atoms. The second-order valence-corrected chi connectivity index (χ2v) is 4.06. The second-order valence-electron chi connectivity index (χ2n) is 4.06. The van der Waals surface area contributed by atoms with Crippen molar-refractivity contribution in [1.29, 1.82) is 0 Å². The van der Waals surface area contributed by atoms with Crippen LogP contribution in [-0.2, 0) is 11.8 Å². The lowest BCUT2D eigenvalue weighted by atomic mass is 9.79. The van der Waals surface area contributed by atoms with Gasteiger partial charge < -0.3 is 15.2 Å². The van der Waals surface area contributed by atoms with Gasteiger partial charge in [0.05, 0.1) is 11.8 Å². The summed E-state index contributed by atoms with van der Waals surface area (Å²) in [7, 11) is 0. The zero-order chi connectivity index (χ0) is 14.3. The molecule has 2 unspecified atom stereocenters. The van der Waals surface area contributed by atoms with Gasteiger partial charge >= 0.3 is 0 Å². The molecule has 6 nitrogen and oxygen atoms in total. The molecule has 2 rings (SSSR count). The average molecular weight is 228 g/mol. The molecule has 0 radical (unpaired) electrons. The SMILES string of the molecule is [2H]C([2H])([2H])n1cc(NC=O)c(OC2CCC2(C)O)n1. The summed E-state index contributed by atoms with van der Waals surface area (Å²) in [5.74, 6) is -0.00630. The molecular weight excluding hydrogens is 210 g/mol. The Morgan fingerprint density at radius 3 is 3.25 bits per heavy atom. The van der Waals surface area contributed by atoms with E-state index in [4.69, 9.17) is 8.85 Å². The first-order valence-electron chi connectivity index (χ1n) is 6.43. The number of hydrogen-bond acceptors (Lipinski definition) is 4. The molecule has 1 aromatic rings. The van der Waals surface area contributed by atoms with Crippen molar-refractivity contribution in [2.24, 2.45) is 6.98 Å². The molecule has 2 atom stereocenters. The number of aromatic nitrogens is 2. The van der Waals surface area contributed by atoms with Gasteiger partial charge in [-0.1, -0.05) is 0 Å². The molecule has 1 amide bonds. The number of nitrogens with one attached hydrogen (secondary N) is 1. The Kier molecular flexibility index (Phi) is 1.81. The lowest BCUT2D eigenvalue weighted by Crippen LogP contribution is -2.52. The van der Waals surface area contributed by atoms with Crippen LogP contribution in [0.25, 0.3) is 0 Å². The molecule has 1 aliphatic carbocycles. The summed E-state index contributed by atoms with van der Waals surface area (Å²) in [6.07, 6.45) is 2.37. The second kappa shape index (κ2) is 3.79. The summed E-state index contributed by atoms with van der Waals surface area (Å²) >= 11 is 0. The molecule has 16 heavy (non-hydrogen) atoms. The quantitative estimate of drug-likeness (QED) is 0.726. The van der Waals surface area contributed by atoms with Crippen molar-refractivity contribution in [3.8, 4) is 5.88 Å². The van der Waals surface area contributed by atoms with Gasteiger partial charge in [0, 0.05) is 11.1 Å². The van der Waals surface area contributed by atoms with Crippen LogP contribution < -0.4 is 10.1 Å². The molecule has 1 saturated carbocycles. The van der Waals surface area contributed by atoms with Gasteiger partial charge in [-0.25, -0.2) is 0 Å². The molecule has 1 aliphatic rings. The third-order valence-corrected chi connectivity index (χ3v) is 2.75. The van der Waals surface area contributed by atoms with E-state index in [9.17, 15) is 9.90 Å². The maximum atomic E-state index is 10.5. The number of aliphatic hydroxyl groups is 1. The van der Waals surface area contributed by atoms with Crippen molar-refractivity contribution in [1.82, 2.24) is 9.78 Å². The predicted molar refractivity (Wildman–Crippen MR) is 57.2 cm³/mol. The van der Waals surface area contributed by atoms with Crippen LogP contribution in [0.15, 0.2) is 6.20 Å². The fourth-order valence-electron chi connectivity index (χ4n) is 1.61. The normalized spacial score (nSPS) is 31.9. The van der Waals surface area contributed by atoms with Gasteiger partial charge in [-0.05, 0) is 19.8 Å². The van der Waals surface area contributed by atoms with Crippen LogP contribution in [0.5, 0.6) is 5.88 Å². The standard InChI is InChI=1S/C10H15N3O3/c1-10(15)4-3-8(10)16-9-7(11-6-14)5-13(2)12-9/h5-6,8,15H,3-4H2,1-2H3,(H,11,14)/i2D3. The van der Waals surface area contributed by atoms with E-state index >= 15 is 0 Å².